The first-order valence-electron chi connectivity index (χ1n) is 6.13. The molecule has 1 aliphatic heterocycles. The topological polar surface area (TPSA) is 35.5 Å². The maximum atomic E-state index is 9.64. The van der Waals surface area contributed by atoms with Gasteiger partial charge >= 0.3 is 0 Å². The second-order valence-electron chi connectivity index (χ2n) is 5.81. The van der Waals surface area contributed by atoms with Crippen molar-refractivity contribution in [3.05, 3.63) is 0 Å². The summed E-state index contributed by atoms with van der Waals surface area (Å²) in [6, 6.07) is 1.21. The third kappa shape index (κ3) is 2.05. The molecule has 3 nitrogen and oxygen atoms in total. The van der Waals surface area contributed by atoms with E-state index in [0.717, 1.165) is 13.0 Å². The van der Waals surface area contributed by atoms with Crippen molar-refractivity contribution in [1.82, 2.24) is 10.2 Å². The summed E-state index contributed by atoms with van der Waals surface area (Å²) in [4.78, 5) is 2.44. The van der Waals surface area contributed by atoms with E-state index in [4.69, 9.17) is 0 Å². The van der Waals surface area contributed by atoms with Crippen molar-refractivity contribution in [2.24, 2.45) is 5.41 Å². The van der Waals surface area contributed by atoms with Crippen LogP contribution in [0, 0.1) is 5.41 Å². The molecule has 15 heavy (non-hydrogen) atoms. The van der Waals surface area contributed by atoms with Gasteiger partial charge in [-0.2, -0.15) is 0 Å². The SMILES string of the molecule is CN1CCCC1CNC1CC(O)C1(C)C. The first-order valence-corrected chi connectivity index (χ1v) is 6.13. The quantitative estimate of drug-likeness (QED) is 0.727. The van der Waals surface area contributed by atoms with Crippen LogP contribution < -0.4 is 5.32 Å². The lowest BCUT2D eigenvalue weighted by atomic mass is 9.64. The zero-order valence-corrected chi connectivity index (χ0v) is 10.2. The van der Waals surface area contributed by atoms with Crippen LogP contribution in [0.25, 0.3) is 0 Å². The van der Waals surface area contributed by atoms with Crippen LogP contribution in [-0.2, 0) is 0 Å². The van der Waals surface area contributed by atoms with Gasteiger partial charge < -0.3 is 15.3 Å². The van der Waals surface area contributed by atoms with Gasteiger partial charge in [-0.3, -0.25) is 0 Å². The van der Waals surface area contributed by atoms with Gasteiger partial charge in [0.25, 0.3) is 0 Å². The Kier molecular flexibility index (Phi) is 3.06. The maximum Gasteiger partial charge on any atom is 0.0621 e. The van der Waals surface area contributed by atoms with E-state index in [0.29, 0.717) is 12.1 Å². The molecule has 0 radical (unpaired) electrons. The van der Waals surface area contributed by atoms with E-state index in [9.17, 15) is 5.11 Å². The van der Waals surface area contributed by atoms with Crippen LogP contribution in [0.3, 0.4) is 0 Å². The average Bonchev–Trinajstić information content (AvgIpc) is 2.58. The van der Waals surface area contributed by atoms with Crippen LogP contribution in [0.4, 0.5) is 0 Å². The molecule has 0 aromatic carbocycles. The molecule has 2 rings (SSSR count). The second kappa shape index (κ2) is 4.04. The summed E-state index contributed by atoms with van der Waals surface area (Å²) in [7, 11) is 2.21. The molecule has 3 unspecified atom stereocenters. The molecule has 0 amide bonds. The molecule has 1 saturated carbocycles. The number of hydrogen-bond donors (Lipinski definition) is 2. The van der Waals surface area contributed by atoms with E-state index >= 15 is 0 Å². The Morgan fingerprint density at radius 3 is 2.67 bits per heavy atom. The van der Waals surface area contributed by atoms with E-state index in [1.807, 2.05) is 0 Å². The predicted molar refractivity (Wildman–Crippen MR) is 61.8 cm³/mol. The summed E-state index contributed by atoms with van der Waals surface area (Å²) in [6.45, 7) is 6.62. The van der Waals surface area contributed by atoms with Crippen LogP contribution in [0.2, 0.25) is 0 Å². The fourth-order valence-electron chi connectivity index (χ4n) is 2.76. The van der Waals surface area contributed by atoms with Gasteiger partial charge in [-0.05, 0) is 32.9 Å². The Morgan fingerprint density at radius 1 is 1.47 bits per heavy atom. The molecule has 2 fully saturated rings. The van der Waals surface area contributed by atoms with E-state index in [2.05, 4.69) is 31.1 Å². The monoisotopic (exact) mass is 212 g/mol. The first-order chi connectivity index (χ1) is 7.01. The molecule has 3 atom stereocenters. The second-order valence-corrected chi connectivity index (χ2v) is 5.81. The van der Waals surface area contributed by atoms with Gasteiger partial charge in [-0.15, -0.1) is 0 Å². The van der Waals surface area contributed by atoms with Gasteiger partial charge in [0.15, 0.2) is 0 Å². The molecular weight excluding hydrogens is 188 g/mol. The minimum absolute atomic E-state index is 0.0666. The molecule has 3 heteroatoms. The van der Waals surface area contributed by atoms with Gasteiger partial charge in [0.1, 0.15) is 0 Å². The smallest absolute Gasteiger partial charge is 0.0621 e. The summed E-state index contributed by atoms with van der Waals surface area (Å²) in [6.07, 6.45) is 3.46. The number of aliphatic hydroxyl groups is 1. The van der Waals surface area contributed by atoms with Gasteiger partial charge in [0, 0.05) is 24.0 Å². The number of likely N-dealkylation sites (tertiary alicyclic amines) is 1. The molecule has 0 aromatic rings. The number of nitrogens with zero attached hydrogens (tertiary/aromatic N) is 1. The molecule has 1 heterocycles. The number of hydrogen-bond acceptors (Lipinski definition) is 3. The molecule has 2 aliphatic rings. The average molecular weight is 212 g/mol. The van der Waals surface area contributed by atoms with Crippen LogP contribution in [0.5, 0.6) is 0 Å². The zero-order chi connectivity index (χ0) is 11.1. The minimum atomic E-state index is -0.115. The van der Waals surface area contributed by atoms with Crippen molar-refractivity contribution < 1.29 is 5.11 Å². The molecule has 0 bridgehead atoms. The Bertz CT molecular complexity index is 230. The summed E-state index contributed by atoms with van der Waals surface area (Å²) in [5.41, 5.74) is 0.0666. The number of likely N-dealkylation sites (N-methyl/N-ethyl adjacent to an activating group) is 1. The third-order valence-corrected chi connectivity index (χ3v) is 4.49. The number of rotatable bonds is 3. The van der Waals surface area contributed by atoms with E-state index in [1.165, 1.54) is 19.4 Å². The van der Waals surface area contributed by atoms with Crippen LogP contribution >= 0.6 is 0 Å². The highest BCUT2D eigenvalue weighted by atomic mass is 16.3. The Hall–Kier alpha value is -0.120. The highest BCUT2D eigenvalue weighted by Crippen LogP contribution is 2.40. The Labute approximate surface area is 92.8 Å². The fourth-order valence-corrected chi connectivity index (χ4v) is 2.76. The minimum Gasteiger partial charge on any atom is -0.392 e. The van der Waals surface area contributed by atoms with Crippen molar-refractivity contribution in [3.63, 3.8) is 0 Å². The zero-order valence-electron chi connectivity index (χ0n) is 10.2. The maximum absolute atomic E-state index is 9.64. The highest BCUT2D eigenvalue weighted by Gasteiger charge is 2.47. The summed E-state index contributed by atoms with van der Waals surface area (Å²) < 4.78 is 0. The van der Waals surface area contributed by atoms with Crippen molar-refractivity contribution in [2.75, 3.05) is 20.1 Å². The number of nitrogens with one attached hydrogen (secondary N) is 1. The molecule has 1 aliphatic carbocycles. The van der Waals surface area contributed by atoms with Crippen molar-refractivity contribution >= 4 is 0 Å². The molecule has 88 valence electrons. The van der Waals surface area contributed by atoms with E-state index < -0.39 is 0 Å². The van der Waals surface area contributed by atoms with Crippen molar-refractivity contribution in [2.45, 2.75) is 51.3 Å². The number of aliphatic hydroxyl groups excluding tert-OH is 1. The van der Waals surface area contributed by atoms with Crippen molar-refractivity contribution in [3.8, 4) is 0 Å². The lowest BCUT2D eigenvalue weighted by molar-refractivity contribution is -0.0733. The normalized spacial score (nSPS) is 40.4. The van der Waals surface area contributed by atoms with Gasteiger partial charge in [-0.25, -0.2) is 0 Å². The Morgan fingerprint density at radius 2 is 2.20 bits per heavy atom. The van der Waals surface area contributed by atoms with Crippen molar-refractivity contribution in [1.29, 1.82) is 0 Å². The van der Waals surface area contributed by atoms with Crippen LogP contribution in [-0.4, -0.2) is 48.3 Å². The summed E-state index contributed by atoms with van der Waals surface area (Å²) in [5, 5.41) is 13.3. The molecular formula is C12H24N2O. The molecule has 1 saturated heterocycles. The molecule has 0 aromatic heterocycles. The van der Waals surface area contributed by atoms with Gasteiger partial charge in [-0.1, -0.05) is 13.8 Å². The lowest BCUT2D eigenvalue weighted by Crippen LogP contribution is -2.61. The van der Waals surface area contributed by atoms with Gasteiger partial charge in [0.05, 0.1) is 6.10 Å². The molecule has 2 N–H and O–H groups in total. The lowest BCUT2D eigenvalue weighted by Gasteiger charge is -2.50. The summed E-state index contributed by atoms with van der Waals surface area (Å²) >= 11 is 0. The largest absolute Gasteiger partial charge is 0.392 e. The predicted octanol–water partition coefficient (Wildman–Crippen LogP) is 0.830. The van der Waals surface area contributed by atoms with E-state index in [-0.39, 0.29) is 11.5 Å². The fraction of sp³-hybridized carbons (Fsp3) is 1.00. The first kappa shape index (κ1) is 11.4. The van der Waals surface area contributed by atoms with Crippen LogP contribution in [0.15, 0.2) is 0 Å². The highest BCUT2D eigenvalue weighted by molar-refractivity contribution is 5.02. The van der Waals surface area contributed by atoms with E-state index in [1.54, 1.807) is 0 Å². The van der Waals surface area contributed by atoms with Gasteiger partial charge in [0.2, 0.25) is 0 Å². The molecule has 0 spiro atoms. The van der Waals surface area contributed by atoms with Crippen LogP contribution in [0.1, 0.15) is 33.1 Å². The standard InChI is InChI=1S/C12H24N2O/c1-12(2)10(7-11(12)15)13-8-9-5-4-6-14(9)3/h9-11,13,15H,4-8H2,1-3H3. The summed E-state index contributed by atoms with van der Waals surface area (Å²) in [5.74, 6) is 0. The Balaban J connectivity index is 1.75. The third-order valence-electron chi connectivity index (χ3n) is 4.49.